The molecule has 0 aliphatic heterocycles. The summed E-state index contributed by atoms with van der Waals surface area (Å²) in [5, 5.41) is 2.65. The van der Waals surface area contributed by atoms with Crippen LogP contribution in [0.25, 0.3) is 11.1 Å². The highest BCUT2D eigenvalue weighted by atomic mass is 19.1. The van der Waals surface area contributed by atoms with Crippen LogP contribution in [0.3, 0.4) is 0 Å². The molecule has 4 rings (SSSR count). The van der Waals surface area contributed by atoms with E-state index >= 15 is 0 Å². The second kappa shape index (κ2) is 8.20. The highest BCUT2D eigenvalue weighted by Crippen LogP contribution is 2.44. The molecule has 0 saturated heterocycles. The van der Waals surface area contributed by atoms with Crippen LogP contribution in [0, 0.1) is 24.6 Å². The van der Waals surface area contributed by atoms with E-state index in [-0.39, 0.29) is 24.9 Å². The molecule has 0 atom stereocenters. The van der Waals surface area contributed by atoms with E-state index in [2.05, 4.69) is 41.4 Å². The predicted molar refractivity (Wildman–Crippen MR) is 111 cm³/mol. The summed E-state index contributed by atoms with van der Waals surface area (Å²) in [4.78, 5) is 12.1. The molecule has 0 radical (unpaired) electrons. The summed E-state index contributed by atoms with van der Waals surface area (Å²) in [7, 11) is 0. The summed E-state index contributed by atoms with van der Waals surface area (Å²) in [5.41, 5.74) is 6.23. The number of nitrogens with one attached hydrogen (secondary N) is 1. The third kappa shape index (κ3) is 4.00. The molecule has 0 spiro atoms. The number of rotatable bonds is 3. The van der Waals surface area contributed by atoms with Gasteiger partial charge in [-0.05, 0) is 52.9 Å². The summed E-state index contributed by atoms with van der Waals surface area (Å²) in [6.07, 6.45) is -0.503. The van der Waals surface area contributed by atoms with Crippen LogP contribution in [0.2, 0.25) is 0 Å². The number of carbonyl (C=O) groups excluding carboxylic acids is 1. The molecule has 0 fully saturated rings. The van der Waals surface area contributed by atoms with Crippen molar-refractivity contribution < 1.29 is 13.9 Å². The van der Waals surface area contributed by atoms with Crippen molar-refractivity contribution in [2.75, 3.05) is 13.2 Å². The second-order valence-electron chi connectivity index (χ2n) is 6.94. The topological polar surface area (TPSA) is 38.3 Å². The lowest BCUT2D eigenvalue weighted by molar-refractivity contribution is 0.144. The van der Waals surface area contributed by atoms with Crippen molar-refractivity contribution in [2.45, 2.75) is 12.8 Å². The SMILES string of the molecule is Cc1cc(F)ccc1C#CCNC(=O)OCC1c2ccccc2-c2ccccc21. The summed E-state index contributed by atoms with van der Waals surface area (Å²) in [6, 6.07) is 20.8. The average Bonchev–Trinajstić information content (AvgIpc) is 3.05. The summed E-state index contributed by atoms with van der Waals surface area (Å²) in [6.45, 7) is 2.23. The van der Waals surface area contributed by atoms with E-state index in [1.54, 1.807) is 13.0 Å². The fraction of sp³-hybridized carbons (Fsp3) is 0.160. The number of benzene rings is 3. The Kier molecular flexibility index (Phi) is 5.31. The standard InChI is InChI=1S/C25H20FNO2/c1-17-15-19(26)13-12-18(17)7-6-14-27-25(28)29-16-24-22-10-4-2-8-20(22)21-9-3-5-11-23(21)24/h2-5,8-13,15,24H,14,16H2,1H3,(H,27,28). The zero-order valence-corrected chi connectivity index (χ0v) is 16.0. The Bertz CT molecular complexity index is 1080. The number of ether oxygens (including phenoxy) is 1. The molecule has 29 heavy (non-hydrogen) atoms. The van der Waals surface area contributed by atoms with Crippen molar-refractivity contribution in [3.05, 3.63) is 94.8 Å². The van der Waals surface area contributed by atoms with Crippen molar-refractivity contribution in [3.63, 3.8) is 0 Å². The maximum absolute atomic E-state index is 13.1. The van der Waals surface area contributed by atoms with Crippen LogP contribution in [-0.4, -0.2) is 19.2 Å². The highest BCUT2D eigenvalue weighted by Gasteiger charge is 2.28. The summed E-state index contributed by atoms with van der Waals surface area (Å²) < 4.78 is 18.6. The molecule has 3 aromatic rings. The Hall–Kier alpha value is -3.58. The maximum Gasteiger partial charge on any atom is 0.407 e. The van der Waals surface area contributed by atoms with E-state index in [9.17, 15) is 9.18 Å². The van der Waals surface area contributed by atoms with Crippen LogP contribution < -0.4 is 5.32 Å². The molecule has 3 aromatic carbocycles. The minimum atomic E-state index is -0.503. The van der Waals surface area contributed by atoms with E-state index < -0.39 is 6.09 Å². The molecule has 1 aliphatic carbocycles. The van der Waals surface area contributed by atoms with Gasteiger partial charge >= 0.3 is 6.09 Å². The molecule has 144 valence electrons. The number of amides is 1. The molecule has 0 aromatic heterocycles. The average molecular weight is 385 g/mol. The molecule has 1 N–H and O–H groups in total. The van der Waals surface area contributed by atoms with Crippen molar-refractivity contribution in [2.24, 2.45) is 0 Å². The van der Waals surface area contributed by atoms with E-state index in [0.717, 1.165) is 11.1 Å². The van der Waals surface area contributed by atoms with Crippen molar-refractivity contribution in [1.82, 2.24) is 5.32 Å². The quantitative estimate of drug-likeness (QED) is 0.643. The maximum atomic E-state index is 13.1. The van der Waals surface area contributed by atoms with Gasteiger partial charge < -0.3 is 10.1 Å². The largest absolute Gasteiger partial charge is 0.449 e. The normalized spacial score (nSPS) is 11.8. The third-order valence-corrected chi connectivity index (χ3v) is 5.08. The minimum absolute atomic E-state index is 0.0288. The van der Waals surface area contributed by atoms with Crippen LogP contribution in [0.4, 0.5) is 9.18 Å². The van der Waals surface area contributed by atoms with Crippen LogP contribution in [0.1, 0.15) is 28.2 Å². The van der Waals surface area contributed by atoms with Crippen molar-refractivity contribution in [3.8, 4) is 23.0 Å². The van der Waals surface area contributed by atoms with Crippen molar-refractivity contribution in [1.29, 1.82) is 0 Å². The zero-order chi connectivity index (χ0) is 20.2. The van der Waals surface area contributed by atoms with E-state index in [1.165, 1.54) is 34.4 Å². The summed E-state index contributed by atoms with van der Waals surface area (Å²) in [5.74, 6) is 5.54. The molecule has 0 heterocycles. The Morgan fingerprint density at radius 2 is 1.69 bits per heavy atom. The fourth-order valence-electron chi connectivity index (χ4n) is 3.67. The van der Waals surface area contributed by atoms with Gasteiger partial charge in [-0.3, -0.25) is 0 Å². The Balaban J connectivity index is 1.35. The van der Waals surface area contributed by atoms with Crippen molar-refractivity contribution >= 4 is 6.09 Å². The second-order valence-corrected chi connectivity index (χ2v) is 6.94. The van der Waals surface area contributed by atoms with Crippen LogP contribution in [0.5, 0.6) is 0 Å². The molecule has 1 amide bonds. The van der Waals surface area contributed by atoms with Gasteiger partial charge in [-0.1, -0.05) is 60.4 Å². The number of aryl methyl sites for hydroxylation is 1. The lowest BCUT2D eigenvalue weighted by Gasteiger charge is -2.14. The molecular formula is C25H20FNO2. The molecule has 0 unspecified atom stereocenters. The molecule has 0 saturated carbocycles. The highest BCUT2D eigenvalue weighted by molar-refractivity contribution is 5.79. The Morgan fingerprint density at radius 1 is 1.03 bits per heavy atom. The van der Waals surface area contributed by atoms with Gasteiger partial charge in [-0.15, -0.1) is 0 Å². The molecule has 4 heteroatoms. The van der Waals surface area contributed by atoms with Gasteiger partial charge in [-0.2, -0.15) is 0 Å². The molecule has 0 bridgehead atoms. The smallest absolute Gasteiger partial charge is 0.407 e. The van der Waals surface area contributed by atoms with Crippen LogP contribution in [-0.2, 0) is 4.74 Å². The van der Waals surface area contributed by atoms with Gasteiger partial charge in [0.2, 0.25) is 0 Å². The van der Waals surface area contributed by atoms with Gasteiger partial charge in [0.05, 0.1) is 6.54 Å². The number of alkyl carbamates (subject to hydrolysis) is 1. The number of carbonyl (C=O) groups is 1. The zero-order valence-electron chi connectivity index (χ0n) is 16.0. The monoisotopic (exact) mass is 385 g/mol. The van der Waals surface area contributed by atoms with Gasteiger partial charge in [-0.25, -0.2) is 9.18 Å². The summed E-state index contributed by atoms with van der Waals surface area (Å²) >= 11 is 0. The van der Waals surface area contributed by atoms with Gasteiger partial charge in [0.15, 0.2) is 0 Å². The first kappa shape index (κ1) is 18.8. The van der Waals surface area contributed by atoms with Gasteiger partial charge in [0.25, 0.3) is 0 Å². The Labute approximate surface area is 169 Å². The number of halogens is 1. The first-order valence-corrected chi connectivity index (χ1v) is 9.47. The predicted octanol–water partition coefficient (Wildman–Crippen LogP) is 5.02. The minimum Gasteiger partial charge on any atom is -0.449 e. The van der Waals surface area contributed by atoms with Gasteiger partial charge in [0, 0.05) is 11.5 Å². The van der Waals surface area contributed by atoms with Crippen LogP contribution in [0.15, 0.2) is 66.7 Å². The first-order chi connectivity index (χ1) is 14.1. The lowest BCUT2D eigenvalue weighted by Crippen LogP contribution is -2.26. The van der Waals surface area contributed by atoms with E-state index in [1.807, 2.05) is 24.3 Å². The third-order valence-electron chi connectivity index (χ3n) is 5.08. The fourth-order valence-corrected chi connectivity index (χ4v) is 3.67. The Morgan fingerprint density at radius 3 is 2.34 bits per heavy atom. The van der Waals surface area contributed by atoms with E-state index in [4.69, 9.17) is 4.74 Å². The van der Waals surface area contributed by atoms with Crippen LogP contribution >= 0.6 is 0 Å². The number of hydrogen-bond donors (Lipinski definition) is 1. The van der Waals surface area contributed by atoms with Gasteiger partial charge in [0.1, 0.15) is 12.4 Å². The molecule has 3 nitrogen and oxygen atoms in total. The molecule has 1 aliphatic rings. The number of hydrogen-bond acceptors (Lipinski definition) is 2. The van der Waals surface area contributed by atoms with E-state index in [0.29, 0.717) is 0 Å². The molecular weight excluding hydrogens is 365 g/mol. The first-order valence-electron chi connectivity index (χ1n) is 9.47. The lowest BCUT2D eigenvalue weighted by atomic mass is 9.98. The number of fused-ring (bicyclic) bond motifs is 3.